The highest BCUT2D eigenvalue weighted by Gasteiger charge is 2.18. The number of methoxy groups -OCH3 is 2. The van der Waals surface area contributed by atoms with E-state index in [1.165, 1.54) is 0 Å². The lowest BCUT2D eigenvalue weighted by molar-refractivity contribution is 0.0773. The molecule has 8 nitrogen and oxygen atoms in total. The lowest BCUT2D eigenvalue weighted by atomic mass is 10.1. The highest BCUT2D eigenvalue weighted by Crippen LogP contribution is 2.31. The van der Waals surface area contributed by atoms with Gasteiger partial charge in [-0.2, -0.15) is 0 Å². The van der Waals surface area contributed by atoms with Gasteiger partial charge in [-0.15, -0.1) is 0 Å². The number of aromatic amines is 2. The Morgan fingerprint density at radius 3 is 2.67 bits per heavy atom. The Bertz CT molecular complexity index is 1080. The number of nitrogens with zero attached hydrogens (tertiary/aromatic N) is 1. The third-order valence-corrected chi connectivity index (χ3v) is 4.75. The normalized spacial score (nSPS) is 12.0. The minimum atomic E-state index is -0.292. The van der Waals surface area contributed by atoms with Gasteiger partial charge in [0.25, 0.3) is 5.56 Å². The second-order valence-corrected chi connectivity index (χ2v) is 6.87. The minimum absolute atomic E-state index is 0.269. The fraction of sp³-hybridized carbons (Fsp3) is 0.364. The van der Waals surface area contributed by atoms with E-state index in [2.05, 4.69) is 15.0 Å². The molecule has 2 aromatic heterocycles. The van der Waals surface area contributed by atoms with Gasteiger partial charge in [0, 0.05) is 25.5 Å². The van der Waals surface area contributed by atoms with E-state index in [0.29, 0.717) is 55.3 Å². The van der Waals surface area contributed by atoms with Gasteiger partial charge in [-0.3, -0.25) is 4.79 Å². The number of benzene rings is 1. The topological polar surface area (TPSA) is 115 Å². The number of ether oxygens (including phenoxy) is 3. The number of nitrogens with one attached hydrogen (secondary N) is 2. The summed E-state index contributed by atoms with van der Waals surface area (Å²) in [4.78, 5) is 23.4. The first-order chi connectivity index (χ1) is 14.6. The van der Waals surface area contributed by atoms with Crippen molar-refractivity contribution in [3.8, 4) is 11.4 Å². The molecule has 0 spiro atoms. The molecule has 0 atom stereocenters. The number of anilines is 1. The molecule has 0 unspecified atom stereocenters. The maximum Gasteiger partial charge on any atom is 0.276 e. The first kappa shape index (κ1) is 21.8. The van der Waals surface area contributed by atoms with Crippen LogP contribution in [0.5, 0.6) is 0 Å². The van der Waals surface area contributed by atoms with Gasteiger partial charge in [0.2, 0.25) is 0 Å². The summed E-state index contributed by atoms with van der Waals surface area (Å²) in [5.41, 5.74) is 11.5. The van der Waals surface area contributed by atoms with Gasteiger partial charge < -0.3 is 29.9 Å². The molecular formula is C22H28N4O4. The molecule has 0 saturated carbocycles. The van der Waals surface area contributed by atoms with Crippen molar-refractivity contribution >= 4 is 22.8 Å². The number of hydrogen-bond acceptors (Lipinski definition) is 6. The number of aryl methyl sites for hydroxylation is 1. The molecule has 4 N–H and O–H groups in total. The second kappa shape index (κ2) is 10.2. The number of nitrogens with two attached hydrogens (primary N) is 1. The van der Waals surface area contributed by atoms with Crippen LogP contribution in [0.1, 0.15) is 18.2 Å². The summed E-state index contributed by atoms with van der Waals surface area (Å²) in [6.45, 7) is 3.84. The molecule has 0 aliphatic rings. The molecule has 0 fully saturated rings. The predicted octanol–water partition coefficient (Wildman–Crippen LogP) is 2.76. The number of para-hydroxylation sites is 2. The highest BCUT2D eigenvalue weighted by molar-refractivity contribution is 5.84. The van der Waals surface area contributed by atoms with Crippen LogP contribution >= 0.6 is 0 Å². The molecule has 0 aliphatic heterocycles. The predicted molar refractivity (Wildman–Crippen MR) is 118 cm³/mol. The molecule has 1 aromatic carbocycles. The van der Waals surface area contributed by atoms with Gasteiger partial charge in [0.05, 0.1) is 48.8 Å². The Balaban J connectivity index is 2.02. The molecule has 2 heterocycles. The summed E-state index contributed by atoms with van der Waals surface area (Å²) in [7, 11) is 3.27. The van der Waals surface area contributed by atoms with E-state index < -0.39 is 0 Å². The van der Waals surface area contributed by atoms with E-state index in [4.69, 9.17) is 19.9 Å². The van der Waals surface area contributed by atoms with Crippen LogP contribution in [0.3, 0.4) is 0 Å². The van der Waals surface area contributed by atoms with Gasteiger partial charge in [-0.05, 0) is 30.2 Å². The van der Waals surface area contributed by atoms with Crippen molar-refractivity contribution in [1.82, 2.24) is 15.0 Å². The van der Waals surface area contributed by atoms with E-state index in [9.17, 15) is 4.79 Å². The van der Waals surface area contributed by atoms with Crippen molar-refractivity contribution in [1.29, 1.82) is 0 Å². The zero-order chi connectivity index (χ0) is 21.5. The van der Waals surface area contributed by atoms with Crippen molar-refractivity contribution in [2.75, 3.05) is 46.4 Å². The van der Waals surface area contributed by atoms with Crippen LogP contribution in [0.15, 0.2) is 34.6 Å². The summed E-state index contributed by atoms with van der Waals surface area (Å²) >= 11 is 0. The second-order valence-electron chi connectivity index (χ2n) is 6.87. The van der Waals surface area contributed by atoms with Crippen LogP contribution in [-0.4, -0.2) is 55.6 Å². The van der Waals surface area contributed by atoms with Crippen LogP contribution in [0.25, 0.3) is 28.5 Å². The average molecular weight is 412 g/mol. The van der Waals surface area contributed by atoms with Crippen LogP contribution in [0.2, 0.25) is 0 Å². The van der Waals surface area contributed by atoms with Gasteiger partial charge in [-0.1, -0.05) is 19.1 Å². The highest BCUT2D eigenvalue weighted by atomic mass is 16.5. The quantitative estimate of drug-likeness (QED) is 0.441. The molecule has 8 heteroatoms. The molecule has 0 saturated heterocycles. The SMILES string of the molecule is CCc1[nH]c(-c2nc3ccccc3[nH]c2=O)c(N)c1/C=C(\COC)COCCOC. The molecule has 160 valence electrons. The summed E-state index contributed by atoms with van der Waals surface area (Å²) < 4.78 is 16.0. The Morgan fingerprint density at radius 1 is 1.13 bits per heavy atom. The lowest BCUT2D eigenvalue weighted by Gasteiger charge is -2.09. The third kappa shape index (κ3) is 4.79. The van der Waals surface area contributed by atoms with Gasteiger partial charge in [0.1, 0.15) is 0 Å². The molecule has 0 bridgehead atoms. The molecular weight excluding hydrogens is 384 g/mol. The third-order valence-electron chi connectivity index (χ3n) is 4.75. The Morgan fingerprint density at radius 2 is 1.93 bits per heavy atom. The van der Waals surface area contributed by atoms with Crippen LogP contribution in [0, 0.1) is 0 Å². The van der Waals surface area contributed by atoms with E-state index in [1.54, 1.807) is 14.2 Å². The monoisotopic (exact) mass is 412 g/mol. The minimum Gasteiger partial charge on any atom is -0.396 e. The number of fused-ring (bicyclic) bond motifs is 1. The van der Waals surface area contributed by atoms with Crippen LogP contribution in [-0.2, 0) is 20.6 Å². The maximum atomic E-state index is 12.7. The van der Waals surface area contributed by atoms with Crippen molar-refractivity contribution in [3.63, 3.8) is 0 Å². The first-order valence-corrected chi connectivity index (χ1v) is 9.83. The van der Waals surface area contributed by atoms with Gasteiger partial charge in [0.15, 0.2) is 5.69 Å². The summed E-state index contributed by atoms with van der Waals surface area (Å²) in [5, 5.41) is 0. The van der Waals surface area contributed by atoms with Crippen molar-refractivity contribution in [2.45, 2.75) is 13.3 Å². The Labute approximate surface area is 175 Å². The van der Waals surface area contributed by atoms with Crippen molar-refractivity contribution in [2.24, 2.45) is 0 Å². The number of H-pyrrole nitrogens is 2. The van der Waals surface area contributed by atoms with Crippen LogP contribution < -0.4 is 11.3 Å². The van der Waals surface area contributed by atoms with Crippen molar-refractivity contribution in [3.05, 3.63) is 51.4 Å². The maximum absolute atomic E-state index is 12.7. The van der Waals surface area contributed by atoms with Crippen LogP contribution in [0.4, 0.5) is 5.69 Å². The van der Waals surface area contributed by atoms with E-state index in [1.807, 2.05) is 37.3 Å². The number of hydrogen-bond donors (Lipinski definition) is 3. The lowest BCUT2D eigenvalue weighted by Crippen LogP contribution is -2.12. The summed E-state index contributed by atoms with van der Waals surface area (Å²) in [6.07, 6.45) is 2.67. The number of rotatable bonds is 10. The molecule has 3 rings (SSSR count). The fourth-order valence-electron chi connectivity index (χ4n) is 3.27. The first-order valence-electron chi connectivity index (χ1n) is 9.83. The average Bonchev–Trinajstić information content (AvgIpc) is 3.06. The number of aromatic nitrogens is 3. The molecule has 3 aromatic rings. The Hall–Kier alpha value is -2.94. The Kier molecular flexibility index (Phi) is 7.40. The zero-order valence-electron chi connectivity index (χ0n) is 17.6. The van der Waals surface area contributed by atoms with Crippen molar-refractivity contribution < 1.29 is 14.2 Å². The van der Waals surface area contributed by atoms with Gasteiger partial charge >= 0.3 is 0 Å². The fourth-order valence-corrected chi connectivity index (χ4v) is 3.27. The molecule has 0 amide bonds. The largest absolute Gasteiger partial charge is 0.396 e. The van der Waals surface area contributed by atoms with E-state index in [-0.39, 0.29) is 11.3 Å². The standard InChI is InChI=1S/C22H28N4O4/c1-4-16-15(11-14(12-29-3)13-30-10-9-28-2)19(23)20(24-16)21-22(27)26-18-8-6-5-7-17(18)25-21/h5-8,11,24H,4,9-10,12-13,23H2,1-3H3,(H,26,27)/b14-11+. The summed E-state index contributed by atoms with van der Waals surface area (Å²) in [5.74, 6) is 0. The molecule has 0 radical (unpaired) electrons. The van der Waals surface area contributed by atoms with E-state index in [0.717, 1.165) is 16.8 Å². The molecule has 30 heavy (non-hydrogen) atoms. The smallest absolute Gasteiger partial charge is 0.276 e. The molecule has 0 aliphatic carbocycles. The number of nitrogen functional groups attached to an aromatic ring is 1. The summed E-state index contributed by atoms with van der Waals surface area (Å²) in [6, 6.07) is 7.40. The van der Waals surface area contributed by atoms with E-state index >= 15 is 0 Å². The zero-order valence-corrected chi connectivity index (χ0v) is 17.6. The van der Waals surface area contributed by atoms with Gasteiger partial charge in [-0.25, -0.2) is 4.98 Å².